The number of aromatic nitrogens is 1. The Labute approximate surface area is 94.3 Å². The van der Waals surface area contributed by atoms with Crippen LogP contribution < -0.4 is 5.73 Å². The summed E-state index contributed by atoms with van der Waals surface area (Å²) in [6.07, 6.45) is 3.48. The molecule has 3 rings (SSSR count). The van der Waals surface area contributed by atoms with Crippen molar-refractivity contribution in [3.05, 3.63) is 16.1 Å². The van der Waals surface area contributed by atoms with Crippen molar-refractivity contribution < 1.29 is 0 Å². The number of hydrogen-bond acceptors (Lipinski definition) is 4. The minimum absolute atomic E-state index is 0.0482. The zero-order chi connectivity index (χ0) is 10.5. The molecule has 2 aliphatic rings. The zero-order valence-corrected chi connectivity index (χ0v) is 9.89. The lowest BCUT2D eigenvalue weighted by atomic mass is 10.1. The molecule has 1 saturated heterocycles. The molecule has 4 heteroatoms. The predicted molar refractivity (Wildman–Crippen MR) is 62.1 cm³/mol. The summed E-state index contributed by atoms with van der Waals surface area (Å²) in [4.78, 5) is 7.10. The van der Waals surface area contributed by atoms with Gasteiger partial charge in [-0.1, -0.05) is 0 Å². The molecule has 1 atom stereocenters. The summed E-state index contributed by atoms with van der Waals surface area (Å²) in [5.41, 5.74) is 7.37. The molecule has 15 heavy (non-hydrogen) atoms. The van der Waals surface area contributed by atoms with Crippen LogP contribution in [0.2, 0.25) is 0 Å². The van der Waals surface area contributed by atoms with Crippen LogP contribution in [0.25, 0.3) is 0 Å². The van der Waals surface area contributed by atoms with Gasteiger partial charge < -0.3 is 10.6 Å². The van der Waals surface area contributed by atoms with Gasteiger partial charge in [-0.2, -0.15) is 0 Å². The monoisotopic (exact) mass is 223 g/mol. The van der Waals surface area contributed by atoms with Gasteiger partial charge in [-0.05, 0) is 32.9 Å². The summed E-state index contributed by atoms with van der Waals surface area (Å²) in [7, 11) is 2.18. The molecule has 82 valence electrons. The molecule has 0 bridgehead atoms. The lowest BCUT2D eigenvalue weighted by Crippen LogP contribution is -2.18. The maximum absolute atomic E-state index is 6.14. The van der Waals surface area contributed by atoms with Gasteiger partial charge in [-0.3, -0.25) is 0 Å². The Morgan fingerprint density at radius 1 is 1.60 bits per heavy atom. The largest absolute Gasteiger partial charge is 0.319 e. The average molecular weight is 223 g/mol. The van der Waals surface area contributed by atoms with Crippen molar-refractivity contribution >= 4 is 11.3 Å². The van der Waals surface area contributed by atoms with Crippen LogP contribution in [0.3, 0.4) is 0 Å². The third kappa shape index (κ3) is 1.71. The standard InChI is InChI=1S/C11H17N3S/c1-14-5-2-8(6-14)9-7-15-10(13-9)11(12)3-4-11/h7-8H,2-6,12H2,1H3. The fourth-order valence-electron chi connectivity index (χ4n) is 2.23. The molecule has 1 aromatic rings. The highest BCUT2D eigenvalue weighted by molar-refractivity contribution is 7.09. The van der Waals surface area contributed by atoms with Crippen molar-refractivity contribution in [3.63, 3.8) is 0 Å². The second-order valence-electron chi connectivity index (χ2n) is 4.98. The third-order valence-electron chi connectivity index (χ3n) is 3.55. The molecular weight excluding hydrogens is 206 g/mol. The van der Waals surface area contributed by atoms with Crippen molar-refractivity contribution in [3.8, 4) is 0 Å². The van der Waals surface area contributed by atoms with Gasteiger partial charge >= 0.3 is 0 Å². The fourth-order valence-corrected chi connectivity index (χ4v) is 3.30. The van der Waals surface area contributed by atoms with Crippen molar-refractivity contribution in [2.75, 3.05) is 20.1 Å². The van der Waals surface area contributed by atoms with Gasteiger partial charge in [-0.15, -0.1) is 11.3 Å². The van der Waals surface area contributed by atoms with Gasteiger partial charge in [0.2, 0.25) is 0 Å². The molecule has 0 spiro atoms. The SMILES string of the molecule is CN1CCC(c2csc(C3(N)CC3)n2)C1. The molecule has 1 unspecified atom stereocenters. The summed E-state index contributed by atoms with van der Waals surface area (Å²) in [6, 6.07) is 0. The van der Waals surface area contributed by atoms with Gasteiger partial charge in [0, 0.05) is 17.8 Å². The van der Waals surface area contributed by atoms with Crippen LogP contribution in [0.1, 0.15) is 35.9 Å². The van der Waals surface area contributed by atoms with E-state index in [9.17, 15) is 0 Å². The van der Waals surface area contributed by atoms with Crippen LogP contribution in [0.15, 0.2) is 5.38 Å². The van der Waals surface area contributed by atoms with Gasteiger partial charge in [0.25, 0.3) is 0 Å². The summed E-state index contributed by atoms with van der Waals surface area (Å²) < 4.78 is 0. The van der Waals surface area contributed by atoms with Gasteiger partial charge in [0.1, 0.15) is 5.01 Å². The van der Waals surface area contributed by atoms with E-state index in [1.165, 1.54) is 18.7 Å². The molecule has 1 aliphatic carbocycles. The number of nitrogens with zero attached hydrogens (tertiary/aromatic N) is 2. The van der Waals surface area contributed by atoms with Crippen LogP contribution in [0.4, 0.5) is 0 Å². The van der Waals surface area contributed by atoms with E-state index in [-0.39, 0.29) is 5.54 Å². The van der Waals surface area contributed by atoms with E-state index < -0.39 is 0 Å². The van der Waals surface area contributed by atoms with Crippen LogP contribution in [0, 0.1) is 0 Å². The van der Waals surface area contributed by atoms with E-state index in [2.05, 4.69) is 17.3 Å². The van der Waals surface area contributed by atoms with Gasteiger partial charge in [-0.25, -0.2) is 4.98 Å². The number of hydrogen-bond donors (Lipinski definition) is 1. The first kappa shape index (κ1) is 9.75. The Morgan fingerprint density at radius 2 is 2.40 bits per heavy atom. The number of rotatable bonds is 2. The highest BCUT2D eigenvalue weighted by Crippen LogP contribution is 2.44. The van der Waals surface area contributed by atoms with E-state index in [0.717, 1.165) is 24.4 Å². The molecule has 0 aromatic carbocycles. The third-order valence-corrected chi connectivity index (χ3v) is 4.63. The zero-order valence-electron chi connectivity index (χ0n) is 9.07. The first-order valence-electron chi connectivity index (χ1n) is 5.61. The molecule has 1 saturated carbocycles. The molecular formula is C11H17N3S. The van der Waals surface area contributed by atoms with Crippen molar-refractivity contribution in [2.45, 2.75) is 30.7 Å². The average Bonchev–Trinajstić information content (AvgIpc) is 2.72. The van der Waals surface area contributed by atoms with E-state index in [0.29, 0.717) is 5.92 Å². The Hall–Kier alpha value is -0.450. The number of likely N-dealkylation sites (N-methyl/N-ethyl adjacent to an activating group) is 1. The quantitative estimate of drug-likeness (QED) is 0.826. The summed E-state index contributed by atoms with van der Waals surface area (Å²) in [5.74, 6) is 0.641. The molecule has 2 fully saturated rings. The number of likely N-dealkylation sites (tertiary alicyclic amines) is 1. The molecule has 2 heterocycles. The Balaban J connectivity index is 1.79. The first-order valence-corrected chi connectivity index (χ1v) is 6.49. The second kappa shape index (κ2) is 3.27. The Bertz CT molecular complexity index is 370. The van der Waals surface area contributed by atoms with Gasteiger partial charge in [0.15, 0.2) is 0 Å². The Kier molecular flexibility index (Phi) is 2.13. The number of nitrogens with two attached hydrogens (primary N) is 1. The van der Waals surface area contributed by atoms with Gasteiger partial charge in [0.05, 0.1) is 11.2 Å². The highest BCUT2D eigenvalue weighted by atomic mass is 32.1. The van der Waals surface area contributed by atoms with E-state index >= 15 is 0 Å². The minimum atomic E-state index is -0.0482. The van der Waals surface area contributed by atoms with Crippen LogP contribution >= 0.6 is 11.3 Å². The smallest absolute Gasteiger partial charge is 0.113 e. The van der Waals surface area contributed by atoms with Crippen molar-refractivity contribution in [1.29, 1.82) is 0 Å². The van der Waals surface area contributed by atoms with Crippen molar-refractivity contribution in [2.24, 2.45) is 5.73 Å². The van der Waals surface area contributed by atoms with Crippen LogP contribution in [0.5, 0.6) is 0 Å². The topological polar surface area (TPSA) is 42.1 Å². The fraction of sp³-hybridized carbons (Fsp3) is 0.727. The minimum Gasteiger partial charge on any atom is -0.319 e. The molecule has 1 aromatic heterocycles. The van der Waals surface area contributed by atoms with E-state index in [4.69, 9.17) is 10.7 Å². The summed E-state index contributed by atoms with van der Waals surface area (Å²) >= 11 is 1.75. The highest BCUT2D eigenvalue weighted by Gasteiger charge is 2.43. The van der Waals surface area contributed by atoms with Crippen LogP contribution in [-0.2, 0) is 5.54 Å². The maximum Gasteiger partial charge on any atom is 0.113 e. The second-order valence-corrected chi connectivity index (χ2v) is 5.84. The maximum atomic E-state index is 6.14. The Morgan fingerprint density at radius 3 is 3.00 bits per heavy atom. The lowest BCUT2D eigenvalue weighted by molar-refractivity contribution is 0.411. The summed E-state index contributed by atoms with van der Waals surface area (Å²) in [6.45, 7) is 2.35. The van der Waals surface area contributed by atoms with Crippen molar-refractivity contribution in [1.82, 2.24) is 9.88 Å². The molecule has 1 aliphatic heterocycles. The molecule has 0 radical (unpaired) electrons. The predicted octanol–water partition coefficient (Wildman–Crippen LogP) is 1.51. The number of thiazole rings is 1. The molecule has 3 nitrogen and oxygen atoms in total. The summed E-state index contributed by atoms with van der Waals surface area (Å²) in [5, 5.41) is 3.37. The first-order chi connectivity index (χ1) is 7.17. The van der Waals surface area contributed by atoms with E-state index in [1.807, 2.05) is 0 Å². The lowest BCUT2D eigenvalue weighted by Gasteiger charge is -2.07. The van der Waals surface area contributed by atoms with Crippen LogP contribution in [-0.4, -0.2) is 30.0 Å². The molecule has 0 amide bonds. The van der Waals surface area contributed by atoms with E-state index in [1.54, 1.807) is 11.3 Å². The molecule has 2 N–H and O–H groups in total. The normalized spacial score (nSPS) is 29.6.